The summed E-state index contributed by atoms with van der Waals surface area (Å²) in [5.41, 5.74) is 1.97. The smallest absolute Gasteiger partial charge is 0.267 e. The lowest BCUT2D eigenvalue weighted by Gasteiger charge is -2.10. The normalized spacial score (nSPS) is 10.3. The third-order valence-corrected chi connectivity index (χ3v) is 5.03. The van der Waals surface area contributed by atoms with Gasteiger partial charge in [0, 0.05) is 42.4 Å². The largest absolute Gasteiger partial charge is 0.497 e. The number of methoxy groups -OCH3 is 1. The molecule has 1 aromatic heterocycles. The van der Waals surface area contributed by atoms with Gasteiger partial charge in [-0.2, -0.15) is 5.10 Å². The molecule has 0 aliphatic heterocycles. The van der Waals surface area contributed by atoms with E-state index >= 15 is 0 Å². The number of benzene rings is 2. The maximum atomic E-state index is 12.3. The van der Waals surface area contributed by atoms with E-state index in [1.54, 1.807) is 56.5 Å². The molecule has 3 N–H and O–H groups in total. The molecule has 3 amide bonds. The van der Waals surface area contributed by atoms with Crippen molar-refractivity contribution in [3.63, 3.8) is 0 Å². The Labute approximate surface area is 202 Å². The topological polar surface area (TPSA) is 131 Å². The molecule has 0 radical (unpaired) electrons. The summed E-state index contributed by atoms with van der Waals surface area (Å²) in [5, 5.41) is 12.3. The molecule has 0 unspecified atom stereocenters. The van der Waals surface area contributed by atoms with Crippen molar-refractivity contribution in [1.82, 2.24) is 20.4 Å². The summed E-state index contributed by atoms with van der Waals surface area (Å²) in [5.74, 6) is -0.122. The van der Waals surface area contributed by atoms with E-state index in [1.807, 2.05) is 12.1 Å². The van der Waals surface area contributed by atoms with Crippen LogP contribution in [0.3, 0.4) is 0 Å². The second-order valence-corrected chi connectivity index (χ2v) is 7.53. The van der Waals surface area contributed by atoms with Crippen molar-refractivity contribution in [2.24, 2.45) is 0 Å². The molecule has 182 valence electrons. The first-order valence-electron chi connectivity index (χ1n) is 11.1. The van der Waals surface area contributed by atoms with E-state index in [0.29, 0.717) is 29.1 Å². The summed E-state index contributed by atoms with van der Waals surface area (Å²) in [7, 11) is 1.57. The molecular formula is C25H27N5O5. The number of carbonyl (C=O) groups excluding carboxylic acids is 3. The third kappa shape index (κ3) is 7.26. The lowest BCUT2D eigenvalue weighted by atomic mass is 10.1. The van der Waals surface area contributed by atoms with Crippen molar-refractivity contribution in [3.8, 4) is 17.0 Å². The predicted octanol–water partition coefficient (Wildman–Crippen LogP) is 1.81. The van der Waals surface area contributed by atoms with Gasteiger partial charge in [-0.15, -0.1) is 0 Å². The summed E-state index contributed by atoms with van der Waals surface area (Å²) in [6.07, 6.45) is 0.368. The van der Waals surface area contributed by atoms with E-state index in [-0.39, 0.29) is 31.4 Å². The first-order valence-corrected chi connectivity index (χ1v) is 11.1. The van der Waals surface area contributed by atoms with Gasteiger partial charge in [-0.3, -0.25) is 19.2 Å². The molecule has 2 aromatic carbocycles. The fourth-order valence-electron chi connectivity index (χ4n) is 3.10. The molecule has 0 bridgehead atoms. The maximum Gasteiger partial charge on any atom is 0.267 e. The average Bonchev–Trinajstić information content (AvgIpc) is 2.88. The number of rotatable bonds is 10. The lowest BCUT2D eigenvalue weighted by molar-refractivity contribution is -0.122. The number of hydrogen-bond acceptors (Lipinski definition) is 6. The minimum absolute atomic E-state index is 0.108. The number of carbonyl (C=O) groups is 3. The van der Waals surface area contributed by atoms with Crippen molar-refractivity contribution in [1.29, 1.82) is 0 Å². The number of hydrogen-bond donors (Lipinski definition) is 3. The number of amides is 3. The quantitative estimate of drug-likeness (QED) is 0.382. The molecule has 0 atom stereocenters. The zero-order valence-electron chi connectivity index (χ0n) is 19.5. The van der Waals surface area contributed by atoms with E-state index in [1.165, 1.54) is 6.07 Å². The van der Waals surface area contributed by atoms with Crippen molar-refractivity contribution in [2.45, 2.75) is 19.9 Å². The summed E-state index contributed by atoms with van der Waals surface area (Å²) < 4.78 is 6.23. The van der Waals surface area contributed by atoms with Gasteiger partial charge in [0.2, 0.25) is 11.8 Å². The molecule has 10 heteroatoms. The van der Waals surface area contributed by atoms with Gasteiger partial charge in [0.05, 0.1) is 12.8 Å². The lowest BCUT2D eigenvalue weighted by Crippen LogP contribution is -2.38. The van der Waals surface area contributed by atoms with Gasteiger partial charge in [0.25, 0.3) is 11.5 Å². The first-order chi connectivity index (χ1) is 16.9. The number of nitrogens with zero attached hydrogens (tertiary/aromatic N) is 2. The molecular weight excluding hydrogens is 450 g/mol. The van der Waals surface area contributed by atoms with Crippen molar-refractivity contribution in [2.75, 3.05) is 25.5 Å². The summed E-state index contributed by atoms with van der Waals surface area (Å²) in [4.78, 5) is 48.1. The van der Waals surface area contributed by atoms with E-state index < -0.39 is 11.5 Å². The van der Waals surface area contributed by atoms with Crippen LogP contribution in [0.1, 0.15) is 23.7 Å². The first kappa shape index (κ1) is 25.2. The highest BCUT2D eigenvalue weighted by Crippen LogP contribution is 2.19. The van der Waals surface area contributed by atoms with E-state index in [0.717, 1.165) is 10.2 Å². The average molecular weight is 478 g/mol. The number of ether oxygens (including phenoxy) is 1. The molecule has 0 aliphatic rings. The Morgan fingerprint density at radius 3 is 2.23 bits per heavy atom. The fourth-order valence-corrected chi connectivity index (χ4v) is 3.10. The Balaban J connectivity index is 1.47. The Morgan fingerprint density at radius 2 is 1.57 bits per heavy atom. The van der Waals surface area contributed by atoms with Crippen LogP contribution < -0.4 is 26.2 Å². The van der Waals surface area contributed by atoms with Crippen LogP contribution >= 0.6 is 0 Å². The number of anilines is 1. The molecule has 0 aliphatic carbocycles. The predicted molar refractivity (Wildman–Crippen MR) is 131 cm³/mol. The monoisotopic (exact) mass is 477 g/mol. The van der Waals surface area contributed by atoms with Crippen LogP contribution in [0, 0.1) is 0 Å². The van der Waals surface area contributed by atoms with Crippen LogP contribution in [0.15, 0.2) is 65.5 Å². The fraction of sp³-hybridized carbons (Fsp3) is 0.240. The number of nitrogens with one attached hydrogen (secondary N) is 3. The van der Waals surface area contributed by atoms with Gasteiger partial charge in [-0.1, -0.05) is 6.92 Å². The zero-order valence-corrected chi connectivity index (χ0v) is 19.5. The zero-order chi connectivity index (χ0) is 25.2. The van der Waals surface area contributed by atoms with Gasteiger partial charge in [-0.25, -0.2) is 4.68 Å². The Kier molecular flexibility index (Phi) is 8.71. The van der Waals surface area contributed by atoms with Crippen LogP contribution in [0.4, 0.5) is 5.69 Å². The van der Waals surface area contributed by atoms with Gasteiger partial charge in [0.15, 0.2) is 0 Å². The second kappa shape index (κ2) is 12.1. The number of aromatic nitrogens is 2. The van der Waals surface area contributed by atoms with Crippen LogP contribution in [0.2, 0.25) is 0 Å². The molecule has 1 heterocycles. The summed E-state index contributed by atoms with van der Waals surface area (Å²) in [6, 6.07) is 16.7. The van der Waals surface area contributed by atoms with Crippen molar-refractivity contribution in [3.05, 3.63) is 76.6 Å². The molecule has 3 rings (SSSR count). The van der Waals surface area contributed by atoms with Gasteiger partial charge >= 0.3 is 0 Å². The summed E-state index contributed by atoms with van der Waals surface area (Å²) >= 11 is 0. The second-order valence-electron chi connectivity index (χ2n) is 7.53. The Morgan fingerprint density at radius 1 is 0.886 bits per heavy atom. The van der Waals surface area contributed by atoms with Crippen LogP contribution in [-0.4, -0.2) is 47.7 Å². The van der Waals surface area contributed by atoms with Crippen LogP contribution in [-0.2, 0) is 16.1 Å². The van der Waals surface area contributed by atoms with Crippen LogP contribution in [0.25, 0.3) is 11.3 Å². The summed E-state index contributed by atoms with van der Waals surface area (Å²) in [6.45, 7) is 1.89. The van der Waals surface area contributed by atoms with Gasteiger partial charge in [0.1, 0.15) is 12.3 Å². The van der Waals surface area contributed by atoms with Gasteiger partial charge in [-0.05, 0) is 54.6 Å². The Hall–Kier alpha value is -4.47. The molecule has 0 saturated carbocycles. The van der Waals surface area contributed by atoms with Gasteiger partial charge < -0.3 is 20.7 Å². The van der Waals surface area contributed by atoms with E-state index in [2.05, 4.69) is 21.0 Å². The molecule has 0 saturated heterocycles. The highest BCUT2D eigenvalue weighted by atomic mass is 16.5. The van der Waals surface area contributed by atoms with E-state index in [4.69, 9.17) is 4.74 Å². The molecule has 35 heavy (non-hydrogen) atoms. The molecule has 0 fully saturated rings. The standard InChI is InChI=1S/C25H27N5O5/c1-3-22(31)28-19-8-4-18(5-9-19)25(34)27-15-14-26-23(32)16-30-24(33)13-12-21(29-30)17-6-10-20(35-2)11-7-17/h4-13H,3,14-16H2,1-2H3,(H,26,32)(H,27,34)(H,28,31). The van der Waals surface area contributed by atoms with Crippen molar-refractivity contribution >= 4 is 23.4 Å². The third-order valence-electron chi connectivity index (χ3n) is 5.03. The molecule has 0 spiro atoms. The maximum absolute atomic E-state index is 12.3. The minimum atomic E-state index is -0.406. The Bertz CT molecular complexity index is 1240. The molecule has 10 nitrogen and oxygen atoms in total. The van der Waals surface area contributed by atoms with E-state index in [9.17, 15) is 19.2 Å². The van der Waals surface area contributed by atoms with Crippen molar-refractivity contribution < 1.29 is 19.1 Å². The minimum Gasteiger partial charge on any atom is -0.497 e. The SMILES string of the molecule is CCC(=O)Nc1ccc(C(=O)NCCNC(=O)Cn2nc(-c3ccc(OC)cc3)ccc2=O)cc1. The van der Waals surface area contributed by atoms with Crippen LogP contribution in [0.5, 0.6) is 5.75 Å². The molecule has 3 aromatic rings. The highest BCUT2D eigenvalue weighted by molar-refractivity contribution is 5.95. The highest BCUT2D eigenvalue weighted by Gasteiger charge is 2.09.